The van der Waals surface area contributed by atoms with Gasteiger partial charge in [-0.25, -0.2) is 0 Å². The number of nitrogens with zero attached hydrogens (tertiary/aromatic N) is 2. The minimum atomic E-state index is -0.845. The van der Waals surface area contributed by atoms with E-state index >= 15 is 0 Å². The first-order valence-electron chi connectivity index (χ1n) is 8.58. The molecule has 1 heterocycles. The summed E-state index contributed by atoms with van der Waals surface area (Å²) in [7, 11) is 0. The number of nitro groups is 1. The van der Waals surface area contributed by atoms with Gasteiger partial charge < -0.3 is 10.1 Å². The SMILES string of the molecule is CC(C)C1Oc2cc([N+](=O)[O-])ccc2N(CC(=O)Nc2ccccc2Cl)C1=O. The quantitative estimate of drug-likeness (QED) is 0.606. The number of ether oxygens (including phenoxy) is 1. The number of nitrogens with one attached hydrogen (secondary N) is 1. The molecule has 0 fully saturated rings. The average Bonchev–Trinajstić information content (AvgIpc) is 2.65. The van der Waals surface area contributed by atoms with Crippen LogP contribution in [-0.4, -0.2) is 29.4 Å². The summed E-state index contributed by atoms with van der Waals surface area (Å²) >= 11 is 6.05. The van der Waals surface area contributed by atoms with Crippen molar-refractivity contribution in [1.29, 1.82) is 0 Å². The van der Waals surface area contributed by atoms with Crippen molar-refractivity contribution < 1.29 is 19.2 Å². The van der Waals surface area contributed by atoms with Crippen molar-refractivity contribution in [2.24, 2.45) is 5.92 Å². The van der Waals surface area contributed by atoms with Gasteiger partial charge in [0.05, 0.1) is 27.4 Å². The number of rotatable bonds is 5. The van der Waals surface area contributed by atoms with Crippen LogP contribution in [0.2, 0.25) is 5.02 Å². The Balaban J connectivity index is 1.90. The second-order valence-corrected chi connectivity index (χ2v) is 7.05. The van der Waals surface area contributed by atoms with Gasteiger partial charge in [0.15, 0.2) is 11.9 Å². The molecule has 2 amide bonds. The molecule has 0 radical (unpaired) electrons. The van der Waals surface area contributed by atoms with Crippen molar-refractivity contribution in [3.63, 3.8) is 0 Å². The lowest BCUT2D eigenvalue weighted by Gasteiger charge is -2.35. The molecule has 0 aromatic heterocycles. The fourth-order valence-corrected chi connectivity index (χ4v) is 3.06. The topological polar surface area (TPSA) is 102 Å². The van der Waals surface area contributed by atoms with E-state index in [1.54, 1.807) is 38.1 Å². The van der Waals surface area contributed by atoms with Crippen LogP contribution in [0.15, 0.2) is 42.5 Å². The first-order chi connectivity index (χ1) is 13.3. The first-order valence-corrected chi connectivity index (χ1v) is 8.96. The smallest absolute Gasteiger partial charge is 0.273 e. The van der Waals surface area contributed by atoms with Gasteiger partial charge in [-0.2, -0.15) is 0 Å². The summed E-state index contributed by atoms with van der Waals surface area (Å²) in [5.74, 6) is -0.826. The number of hydrogen-bond acceptors (Lipinski definition) is 5. The molecule has 0 saturated heterocycles. The number of carbonyl (C=O) groups is 2. The lowest BCUT2D eigenvalue weighted by atomic mass is 10.0. The van der Waals surface area contributed by atoms with E-state index in [2.05, 4.69) is 5.32 Å². The third-order valence-electron chi connectivity index (χ3n) is 4.26. The summed E-state index contributed by atoms with van der Waals surface area (Å²) in [5.41, 5.74) is 0.581. The summed E-state index contributed by atoms with van der Waals surface area (Å²) in [6, 6.07) is 10.7. The number of benzene rings is 2. The standard InChI is InChI=1S/C19H18ClN3O5/c1-11(2)18-19(25)22(10-17(24)21-14-6-4-3-5-13(14)20)15-8-7-12(23(26)27)9-16(15)28-18/h3-9,11,18H,10H2,1-2H3,(H,21,24). The number of fused-ring (bicyclic) bond motifs is 1. The van der Waals surface area contributed by atoms with Gasteiger partial charge in [0.1, 0.15) is 6.54 Å². The second kappa shape index (κ2) is 7.85. The van der Waals surface area contributed by atoms with Crippen LogP contribution in [0.3, 0.4) is 0 Å². The minimum absolute atomic E-state index is 0.156. The second-order valence-electron chi connectivity index (χ2n) is 6.64. The van der Waals surface area contributed by atoms with Gasteiger partial charge in [-0.15, -0.1) is 0 Å². The maximum absolute atomic E-state index is 12.9. The zero-order valence-corrected chi connectivity index (χ0v) is 16.0. The van der Waals surface area contributed by atoms with Gasteiger partial charge in [0, 0.05) is 6.07 Å². The van der Waals surface area contributed by atoms with Gasteiger partial charge in [0.2, 0.25) is 5.91 Å². The van der Waals surface area contributed by atoms with E-state index in [1.807, 2.05) is 0 Å². The molecule has 0 saturated carbocycles. The Labute approximate surface area is 166 Å². The van der Waals surface area contributed by atoms with Crippen LogP contribution in [0.4, 0.5) is 17.1 Å². The van der Waals surface area contributed by atoms with E-state index in [1.165, 1.54) is 23.1 Å². The fraction of sp³-hybridized carbons (Fsp3) is 0.263. The number of hydrogen-bond donors (Lipinski definition) is 1. The summed E-state index contributed by atoms with van der Waals surface area (Å²) in [6.45, 7) is 3.32. The van der Waals surface area contributed by atoms with E-state index in [4.69, 9.17) is 16.3 Å². The van der Waals surface area contributed by atoms with Gasteiger partial charge in [-0.1, -0.05) is 37.6 Å². The van der Waals surface area contributed by atoms with Gasteiger partial charge in [-0.3, -0.25) is 24.6 Å². The molecule has 2 aromatic rings. The molecule has 2 aromatic carbocycles. The third kappa shape index (κ3) is 3.91. The molecule has 1 aliphatic rings. The van der Waals surface area contributed by atoms with Crippen molar-refractivity contribution in [2.45, 2.75) is 20.0 Å². The van der Waals surface area contributed by atoms with Crippen LogP contribution in [0.1, 0.15) is 13.8 Å². The van der Waals surface area contributed by atoms with Gasteiger partial charge in [-0.05, 0) is 24.1 Å². The summed E-state index contributed by atoms with van der Waals surface area (Å²) < 4.78 is 5.70. The van der Waals surface area contributed by atoms with Crippen LogP contribution >= 0.6 is 11.6 Å². The Morgan fingerprint density at radius 1 is 1.32 bits per heavy atom. The lowest BCUT2D eigenvalue weighted by molar-refractivity contribution is -0.384. The number of carbonyl (C=O) groups excluding carboxylic acids is 2. The maximum atomic E-state index is 12.9. The van der Waals surface area contributed by atoms with Gasteiger partial charge in [0.25, 0.3) is 11.6 Å². The highest BCUT2D eigenvalue weighted by molar-refractivity contribution is 6.33. The number of halogens is 1. The molecule has 146 valence electrons. The van der Waals surface area contributed by atoms with Crippen LogP contribution in [-0.2, 0) is 9.59 Å². The minimum Gasteiger partial charge on any atom is -0.478 e. The van der Waals surface area contributed by atoms with Crippen molar-refractivity contribution in [2.75, 3.05) is 16.8 Å². The monoisotopic (exact) mass is 403 g/mol. The Morgan fingerprint density at radius 3 is 2.68 bits per heavy atom. The van der Waals surface area contributed by atoms with E-state index in [-0.39, 0.29) is 29.8 Å². The third-order valence-corrected chi connectivity index (χ3v) is 4.59. The van der Waals surface area contributed by atoms with Crippen LogP contribution in [0.5, 0.6) is 5.75 Å². The highest BCUT2D eigenvalue weighted by atomic mass is 35.5. The highest BCUT2D eigenvalue weighted by Gasteiger charge is 2.38. The molecule has 28 heavy (non-hydrogen) atoms. The zero-order chi connectivity index (χ0) is 20.4. The predicted molar refractivity (Wildman–Crippen MR) is 105 cm³/mol. The summed E-state index contributed by atoms with van der Waals surface area (Å²) in [4.78, 5) is 37.2. The van der Waals surface area contributed by atoms with E-state index in [0.717, 1.165) is 0 Å². The number of para-hydroxylation sites is 1. The van der Waals surface area contributed by atoms with Crippen molar-refractivity contribution in [3.05, 3.63) is 57.6 Å². The summed E-state index contributed by atoms with van der Waals surface area (Å²) in [5, 5.41) is 14.1. The van der Waals surface area contributed by atoms with Crippen molar-refractivity contribution >= 4 is 40.5 Å². The molecule has 0 bridgehead atoms. The molecule has 9 heteroatoms. The number of nitro benzene ring substituents is 1. The molecule has 1 atom stereocenters. The molecule has 1 N–H and O–H groups in total. The predicted octanol–water partition coefficient (Wildman–Crippen LogP) is 3.64. The molecule has 1 unspecified atom stereocenters. The van der Waals surface area contributed by atoms with E-state index in [9.17, 15) is 19.7 Å². The van der Waals surface area contributed by atoms with Crippen molar-refractivity contribution in [1.82, 2.24) is 0 Å². The molecular formula is C19H18ClN3O5. The summed E-state index contributed by atoms with van der Waals surface area (Å²) in [6.07, 6.45) is -0.845. The molecular weight excluding hydrogens is 386 g/mol. The van der Waals surface area contributed by atoms with Crippen LogP contribution in [0, 0.1) is 16.0 Å². The number of non-ortho nitro benzene ring substituents is 1. The number of anilines is 2. The molecule has 0 spiro atoms. The average molecular weight is 404 g/mol. The number of amides is 2. The Morgan fingerprint density at radius 2 is 2.04 bits per heavy atom. The maximum Gasteiger partial charge on any atom is 0.273 e. The zero-order valence-electron chi connectivity index (χ0n) is 15.2. The Bertz CT molecular complexity index is 947. The largest absolute Gasteiger partial charge is 0.478 e. The molecule has 8 nitrogen and oxygen atoms in total. The lowest BCUT2D eigenvalue weighted by Crippen LogP contribution is -2.50. The first kappa shape index (κ1) is 19.6. The molecule has 3 rings (SSSR count). The van der Waals surface area contributed by atoms with E-state index < -0.39 is 16.9 Å². The molecule has 0 aliphatic carbocycles. The Hall–Kier alpha value is -3.13. The van der Waals surface area contributed by atoms with Crippen molar-refractivity contribution in [3.8, 4) is 5.75 Å². The van der Waals surface area contributed by atoms with Crippen LogP contribution < -0.4 is 15.0 Å². The Kier molecular flexibility index (Phi) is 5.51. The fourth-order valence-electron chi connectivity index (χ4n) is 2.87. The van der Waals surface area contributed by atoms with Gasteiger partial charge >= 0.3 is 0 Å². The van der Waals surface area contributed by atoms with Crippen LogP contribution in [0.25, 0.3) is 0 Å². The van der Waals surface area contributed by atoms with E-state index in [0.29, 0.717) is 16.4 Å². The molecule has 1 aliphatic heterocycles. The highest BCUT2D eigenvalue weighted by Crippen LogP contribution is 2.38. The normalized spacial score (nSPS) is 15.8.